The molecule has 8 heteroatoms. The Kier molecular flexibility index (Phi) is 6.99. The van der Waals surface area contributed by atoms with Gasteiger partial charge in [0.05, 0.1) is 13.2 Å². The van der Waals surface area contributed by atoms with Gasteiger partial charge in [-0.25, -0.2) is 4.98 Å². The van der Waals surface area contributed by atoms with Crippen molar-refractivity contribution in [1.29, 1.82) is 0 Å². The van der Waals surface area contributed by atoms with E-state index in [0.717, 1.165) is 43.7 Å². The van der Waals surface area contributed by atoms with Gasteiger partial charge in [0, 0.05) is 37.9 Å². The van der Waals surface area contributed by atoms with E-state index in [1.165, 1.54) is 0 Å². The minimum Gasteiger partial charge on any atom is -0.493 e. The molecule has 3 heterocycles. The molecule has 1 amide bonds. The summed E-state index contributed by atoms with van der Waals surface area (Å²) in [6, 6.07) is 7.58. The Bertz CT molecular complexity index is 901. The van der Waals surface area contributed by atoms with Gasteiger partial charge in [0.2, 0.25) is 5.95 Å². The lowest BCUT2D eigenvalue weighted by Gasteiger charge is -2.30. The van der Waals surface area contributed by atoms with Gasteiger partial charge >= 0.3 is 0 Å². The molecule has 0 saturated carbocycles. The van der Waals surface area contributed by atoms with Gasteiger partial charge in [-0.05, 0) is 68.6 Å². The van der Waals surface area contributed by atoms with Crippen LogP contribution in [-0.4, -0.2) is 61.9 Å². The van der Waals surface area contributed by atoms with Crippen molar-refractivity contribution in [3.8, 4) is 5.75 Å². The number of hydrogen-bond acceptors (Lipinski definition) is 7. The summed E-state index contributed by atoms with van der Waals surface area (Å²) in [6.45, 7) is 5.82. The summed E-state index contributed by atoms with van der Waals surface area (Å²) in [6.07, 6.45) is 4.62. The molecule has 1 fully saturated rings. The van der Waals surface area contributed by atoms with Gasteiger partial charge < -0.3 is 20.1 Å². The van der Waals surface area contributed by atoms with Crippen molar-refractivity contribution in [2.45, 2.75) is 32.2 Å². The number of amides is 1. The van der Waals surface area contributed by atoms with Gasteiger partial charge in [0.25, 0.3) is 5.91 Å². The van der Waals surface area contributed by atoms with Gasteiger partial charge in [-0.1, -0.05) is 0 Å². The number of rotatable bonds is 8. The predicted molar refractivity (Wildman–Crippen MR) is 120 cm³/mol. The van der Waals surface area contributed by atoms with Crippen LogP contribution in [0.2, 0.25) is 0 Å². The number of carbonyl (C=O) groups is 1. The molecular weight excluding hydrogens is 394 g/mol. The highest BCUT2D eigenvalue weighted by Gasteiger charge is 2.26. The number of methoxy groups -OCH3 is 1. The third-order valence-corrected chi connectivity index (χ3v) is 5.79. The Balaban J connectivity index is 1.60. The van der Waals surface area contributed by atoms with Crippen molar-refractivity contribution >= 4 is 17.7 Å². The Labute approximate surface area is 183 Å². The maximum atomic E-state index is 13.6. The Hall–Kier alpha value is -2.71. The summed E-state index contributed by atoms with van der Waals surface area (Å²) >= 11 is 0. The lowest BCUT2D eigenvalue weighted by atomic mass is 9.97. The molecule has 4 rings (SSSR count). The van der Waals surface area contributed by atoms with E-state index in [0.29, 0.717) is 43.0 Å². The van der Waals surface area contributed by atoms with Crippen LogP contribution in [0.3, 0.4) is 0 Å². The number of hydrogen-bond donors (Lipinski definition) is 2. The van der Waals surface area contributed by atoms with Crippen LogP contribution < -0.4 is 20.3 Å². The van der Waals surface area contributed by atoms with Crippen LogP contribution >= 0.6 is 0 Å². The van der Waals surface area contributed by atoms with Gasteiger partial charge in [0.15, 0.2) is 0 Å². The SMILES string of the molecule is COC[C@H](C)Nc1nccc(N(CC2CCNCC2)C(=O)c2ccc3c(c2)CCO3)n1. The third-order valence-electron chi connectivity index (χ3n) is 5.79. The van der Waals surface area contributed by atoms with Gasteiger partial charge in [0.1, 0.15) is 11.6 Å². The average Bonchev–Trinajstić information content (AvgIpc) is 3.26. The largest absolute Gasteiger partial charge is 0.493 e. The molecule has 31 heavy (non-hydrogen) atoms. The molecule has 1 saturated heterocycles. The first-order valence-corrected chi connectivity index (χ1v) is 11.0. The second kappa shape index (κ2) is 10.1. The van der Waals surface area contributed by atoms with Crippen molar-refractivity contribution < 1.29 is 14.3 Å². The molecule has 166 valence electrons. The quantitative estimate of drug-likeness (QED) is 0.672. The minimum absolute atomic E-state index is 0.0391. The summed E-state index contributed by atoms with van der Waals surface area (Å²) in [5, 5.41) is 6.64. The van der Waals surface area contributed by atoms with E-state index >= 15 is 0 Å². The van der Waals surface area contributed by atoms with E-state index in [1.54, 1.807) is 18.2 Å². The number of aromatic nitrogens is 2. The number of nitrogens with zero attached hydrogens (tertiary/aromatic N) is 3. The molecule has 0 unspecified atom stereocenters. The molecular formula is C23H31N5O3. The molecule has 0 spiro atoms. The molecule has 2 aromatic rings. The van der Waals surface area contributed by atoms with Crippen molar-refractivity contribution in [1.82, 2.24) is 15.3 Å². The average molecular weight is 426 g/mol. The van der Waals surface area contributed by atoms with Crippen LogP contribution in [0.4, 0.5) is 11.8 Å². The number of benzene rings is 1. The van der Waals surface area contributed by atoms with E-state index in [1.807, 2.05) is 31.2 Å². The van der Waals surface area contributed by atoms with Gasteiger partial charge in [-0.15, -0.1) is 0 Å². The third kappa shape index (κ3) is 5.32. The molecule has 0 radical (unpaired) electrons. The summed E-state index contributed by atoms with van der Waals surface area (Å²) in [5.41, 5.74) is 1.75. The Morgan fingerprint density at radius 3 is 3.00 bits per heavy atom. The van der Waals surface area contributed by atoms with Crippen LogP contribution in [0.5, 0.6) is 5.75 Å². The standard InChI is InChI=1S/C23H31N5O3/c1-16(15-30-2)26-23-25-11-7-21(27-23)28(14-17-5-9-24-10-6-17)22(29)19-3-4-20-18(13-19)8-12-31-20/h3-4,7,11,13,16-17,24H,5-6,8-10,12,14-15H2,1-2H3,(H,25,26,27)/t16-/m0/s1. The van der Waals surface area contributed by atoms with E-state index in [9.17, 15) is 4.79 Å². The summed E-state index contributed by atoms with van der Waals surface area (Å²) in [5.74, 6) is 2.38. The zero-order valence-electron chi connectivity index (χ0n) is 18.3. The minimum atomic E-state index is -0.0391. The number of piperidine rings is 1. The fourth-order valence-electron chi connectivity index (χ4n) is 4.16. The first-order chi connectivity index (χ1) is 15.1. The molecule has 0 bridgehead atoms. The maximum absolute atomic E-state index is 13.6. The van der Waals surface area contributed by atoms with Crippen LogP contribution in [0.25, 0.3) is 0 Å². The second-order valence-electron chi connectivity index (χ2n) is 8.27. The van der Waals surface area contributed by atoms with E-state index in [-0.39, 0.29) is 11.9 Å². The fourth-order valence-corrected chi connectivity index (χ4v) is 4.16. The predicted octanol–water partition coefficient (Wildman–Crippen LogP) is 2.50. The number of nitrogens with one attached hydrogen (secondary N) is 2. The van der Waals surface area contributed by atoms with E-state index in [4.69, 9.17) is 9.47 Å². The van der Waals surface area contributed by atoms with Gasteiger partial charge in [-0.3, -0.25) is 9.69 Å². The van der Waals surface area contributed by atoms with Crippen molar-refractivity contribution in [2.24, 2.45) is 5.92 Å². The summed E-state index contributed by atoms with van der Waals surface area (Å²) < 4.78 is 10.8. The molecule has 2 N–H and O–H groups in total. The number of carbonyl (C=O) groups excluding carboxylic acids is 1. The molecule has 1 aromatic carbocycles. The number of ether oxygens (including phenoxy) is 2. The van der Waals surface area contributed by atoms with E-state index < -0.39 is 0 Å². The van der Waals surface area contributed by atoms with Crippen molar-refractivity contribution in [3.63, 3.8) is 0 Å². The highest BCUT2D eigenvalue weighted by atomic mass is 16.5. The zero-order valence-corrected chi connectivity index (χ0v) is 18.3. The van der Waals surface area contributed by atoms with Crippen LogP contribution in [0.1, 0.15) is 35.7 Å². The topological polar surface area (TPSA) is 88.6 Å². The fraction of sp³-hybridized carbons (Fsp3) is 0.522. The Morgan fingerprint density at radius 2 is 2.19 bits per heavy atom. The summed E-state index contributed by atoms with van der Waals surface area (Å²) in [7, 11) is 1.66. The highest BCUT2D eigenvalue weighted by molar-refractivity contribution is 6.05. The molecule has 0 aliphatic carbocycles. The normalized spacial score (nSPS) is 17.0. The molecule has 2 aliphatic rings. The monoisotopic (exact) mass is 425 g/mol. The summed E-state index contributed by atoms with van der Waals surface area (Å²) in [4.78, 5) is 24.4. The second-order valence-corrected chi connectivity index (χ2v) is 8.27. The first kappa shape index (κ1) is 21.5. The number of anilines is 2. The lowest BCUT2D eigenvalue weighted by molar-refractivity contribution is 0.0980. The molecule has 1 atom stereocenters. The molecule has 1 aromatic heterocycles. The first-order valence-electron chi connectivity index (χ1n) is 11.0. The number of fused-ring (bicyclic) bond motifs is 1. The van der Waals surface area contributed by atoms with Crippen molar-refractivity contribution in [2.75, 3.05) is 50.2 Å². The van der Waals surface area contributed by atoms with Gasteiger partial charge in [-0.2, -0.15) is 4.98 Å². The lowest BCUT2D eigenvalue weighted by Crippen LogP contribution is -2.40. The van der Waals surface area contributed by atoms with Crippen LogP contribution in [0, 0.1) is 5.92 Å². The smallest absolute Gasteiger partial charge is 0.259 e. The van der Waals surface area contributed by atoms with Crippen LogP contribution in [0.15, 0.2) is 30.5 Å². The zero-order chi connectivity index (χ0) is 21.6. The van der Waals surface area contributed by atoms with Crippen LogP contribution in [-0.2, 0) is 11.2 Å². The molecule has 2 aliphatic heterocycles. The Morgan fingerprint density at radius 1 is 1.35 bits per heavy atom. The van der Waals surface area contributed by atoms with Crippen molar-refractivity contribution in [3.05, 3.63) is 41.6 Å². The highest BCUT2D eigenvalue weighted by Crippen LogP contribution is 2.28. The molecule has 8 nitrogen and oxygen atoms in total. The maximum Gasteiger partial charge on any atom is 0.259 e. The van der Waals surface area contributed by atoms with E-state index in [2.05, 4.69) is 20.6 Å².